The number of thioether (sulfide) groups is 1. The first kappa shape index (κ1) is 21.6. The summed E-state index contributed by atoms with van der Waals surface area (Å²) < 4.78 is 0. The highest BCUT2D eigenvalue weighted by atomic mass is 32.2. The summed E-state index contributed by atoms with van der Waals surface area (Å²) in [6.45, 7) is 3.70. The number of rotatable bonds is 6. The molecule has 1 saturated heterocycles. The predicted octanol–water partition coefficient (Wildman–Crippen LogP) is 0.161. The first-order chi connectivity index (χ1) is 13.3. The Morgan fingerprint density at radius 1 is 1.18 bits per heavy atom. The Balaban J connectivity index is 1.92. The molecule has 0 aromatic heterocycles. The molecule has 9 heteroatoms. The van der Waals surface area contributed by atoms with Gasteiger partial charge in [0, 0.05) is 12.3 Å². The van der Waals surface area contributed by atoms with Crippen molar-refractivity contribution in [3.05, 3.63) is 35.9 Å². The van der Waals surface area contributed by atoms with Crippen LogP contribution in [0, 0.1) is 5.92 Å². The molecule has 0 radical (unpaired) electrons. The van der Waals surface area contributed by atoms with Crippen molar-refractivity contribution in [1.82, 2.24) is 16.0 Å². The maximum absolute atomic E-state index is 12.5. The van der Waals surface area contributed by atoms with Crippen molar-refractivity contribution in [2.45, 2.75) is 38.1 Å². The summed E-state index contributed by atoms with van der Waals surface area (Å²) in [4.78, 5) is 60.1. The van der Waals surface area contributed by atoms with E-state index in [4.69, 9.17) is 0 Å². The van der Waals surface area contributed by atoms with Crippen LogP contribution < -0.4 is 16.0 Å². The third-order valence-electron chi connectivity index (χ3n) is 4.21. The fourth-order valence-corrected chi connectivity index (χ4v) is 3.31. The Kier molecular flexibility index (Phi) is 7.74. The van der Waals surface area contributed by atoms with E-state index in [1.165, 1.54) is 0 Å². The first-order valence-electron chi connectivity index (χ1n) is 8.93. The molecule has 1 aromatic rings. The Hall–Kier alpha value is -2.68. The van der Waals surface area contributed by atoms with E-state index in [0.717, 1.165) is 17.3 Å². The molecule has 8 nitrogen and oxygen atoms in total. The van der Waals surface area contributed by atoms with Crippen molar-refractivity contribution in [2.75, 3.05) is 6.54 Å². The second-order valence-electron chi connectivity index (χ2n) is 6.73. The van der Waals surface area contributed by atoms with Gasteiger partial charge in [0.2, 0.25) is 11.7 Å². The number of benzene rings is 1. The summed E-state index contributed by atoms with van der Waals surface area (Å²) in [6, 6.07) is 7.31. The quantitative estimate of drug-likeness (QED) is 0.580. The van der Waals surface area contributed by atoms with Crippen LogP contribution in [0.2, 0.25) is 0 Å². The fraction of sp³-hybridized carbons (Fsp3) is 0.421. The standard InChI is InChI=1S/C19H23N3O5S/c1-11(2)14(16(24)21-13-8-9-20-17(25)15(13)23)22-18(26)19(27)28-10-12-6-4-3-5-7-12/h3-7,11,13-14H,8-10H2,1-2H3,(H,20,25)(H,21,24)(H,22,26). The molecule has 2 atom stereocenters. The Labute approximate surface area is 167 Å². The minimum Gasteiger partial charge on any atom is -0.349 e. The molecule has 2 rings (SSSR count). The Bertz CT molecular complexity index is 766. The maximum atomic E-state index is 12.5. The van der Waals surface area contributed by atoms with Crippen LogP contribution in [-0.4, -0.2) is 47.2 Å². The van der Waals surface area contributed by atoms with Gasteiger partial charge >= 0.3 is 0 Å². The van der Waals surface area contributed by atoms with Gasteiger partial charge in [0.05, 0.1) is 6.04 Å². The van der Waals surface area contributed by atoms with Crippen molar-refractivity contribution >= 4 is 40.4 Å². The predicted molar refractivity (Wildman–Crippen MR) is 104 cm³/mol. The van der Waals surface area contributed by atoms with Gasteiger partial charge in [-0.2, -0.15) is 0 Å². The van der Waals surface area contributed by atoms with Crippen LogP contribution in [0.5, 0.6) is 0 Å². The molecule has 1 aliphatic heterocycles. The molecule has 28 heavy (non-hydrogen) atoms. The highest BCUT2D eigenvalue weighted by molar-refractivity contribution is 8.14. The van der Waals surface area contributed by atoms with Crippen molar-refractivity contribution in [2.24, 2.45) is 5.92 Å². The lowest BCUT2D eigenvalue weighted by Gasteiger charge is -2.26. The number of carbonyl (C=O) groups excluding carboxylic acids is 5. The third kappa shape index (κ3) is 5.91. The summed E-state index contributed by atoms with van der Waals surface area (Å²) >= 11 is 0.850. The van der Waals surface area contributed by atoms with Crippen LogP contribution in [0.1, 0.15) is 25.8 Å². The summed E-state index contributed by atoms with van der Waals surface area (Å²) in [5, 5.41) is 6.64. The highest BCUT2D eigenvalue weighted by Gasteiger charge is 2.34. The van der Waals surface area contributed by atoms with Crippen molar-refractivity contribution in [3.63, 3.8) is 0 Å². The van der Waals surface area contributed by atoms with Gasteiger partial charge < -0.3 is 16.0 Å². The number of hydrogen-bond donors (Lipinski definition) is 3. The number of ketones is 1. The lowest BCUT2D eigenvalue weighted by Crippen LogP contribution is -2.58. The SMILES string of the molecule is CC(C)C(NC(=O)C(=O)SCc1ccccc1)C(=O)NC1CCNC(=O)C1=O. The van der Waals surface area contributed by atoms with Gasteiger partial charge in [-0.05, 0) is 17.9 Å². The van der Waals surface area contributed by atoms with Crippen LogP contribution in [0.15, 0.2) is 30.3 Å². The van der Waals surface area contributed by atoms with E-state index < -0.39 is 40.7 Å². The molecular formula is C19H23N3O5S. The smallest absolute Gasteiger partial charge is 0.299 e. The molecule has 2 unspecified atom stereocenters. The number of Topliss-reactive ketones (excluding diaryl/α,β-unsaturated/α-hetero) is 1. The van der Waals surface area contributed by atoms with Gasteiger partial charge in [-0.15, -0.1) is 0 Å². The molecular weight excluding hydrogens is 382 g/mol. The second-order valence-corrected chi connectivity index (χ2v) is 7.68. The lowest BCUT2D eigenvalue weighted by molar-refractivity contribution is -0.142. The van der Waals surface area contributed by atoms with E-state index >= 15 is 0 Å². The number of piperidine rings is 1. The van der Waals surface area contributed by atoms with E-state index in [2.05, 4.69) is 16.0 Å². The monoisotopic (exact) mass is 405 g/mol. The number of hydrogen-bond acceptors (Lipinski definition) is 6. The molecule has 3 N–H and O–H groups in total. The van der Waals surface area contributed by atoms with E-state index in [1.807, 2.05) is 30.3 Å². The van der Waals surface area contributed by atoms with Crippen LogP contribution in [0.25, 0.3) is 0 Å². The molecule has 1 aliphatic rings. The van der Waals surface area contributed by atoms with Gasteiger partial charge in [0.15, 0.2) is 0 Å². The molecule has 1 aromatic carbocycles. The summed E-state index contributed by atoms with van der Waals surface area (Å²) in [7, 11) is 0. The van der Waals surface area contributed by atoms with Crippen molar-refractivity contribution in [3.8, 4) is 0 Å². The summed E-state index contributed by atoms with van der Waals surface area (Å²) in [5.74, 6) is -2.91. The number of carbonyl (C=O) groups is 5. The molecule has 0 bridgehead atoms. The molecule has 0 aliphatic carbocycles. The fourth-order valence-electron chi connectivity index (χ4n) is 2.63. The topological polar surface area (TPSA) is 121 Å². The van der Waals surface area contributed by atoms with Gasteiger partial charge in [0.1, 0.15) is 6.04 Å². The Morgan fingerprint density at radius 3 is 2.50 bits per heavy atom. The van der Waals surface area contributed by atoms with Crippen LogP contribution in [0.4, 0.5) is 0 Å². The van der Waals surface area contributed by atoms with Gasteiger partial charge in [-0.25, -0.2) is 0 Å². The van der Waals surface area contributed by atoms with E-state index in [0.29, 0.717) is 5.75 Å². The molecule has 1 fully saturated rings. The normalized spacial score (nSPS) is 17.6. The molecule has 0 spiro atoms. The van der Waals surface area contributed by atoms with Crippen LogP contribution in [-0.2, 0) is 29.7 Å². The van der Waals surface area contributed by atoms with E-state index in [-0.39, 0.29) is 18.9 Å². The highest BCUT2D eigenvalue weighted by Crippen LogP contribution is 2.13. The maximum Gasteiger partial charge on any atom is 0.299 e. The lowest BCUT2D eigenvalue weighted by atomic mass is 10.0. The second kappa shape index (κ2) is 10.0. The number of nitrogens with one attached hydrogen (secondary N) is 3. The van der Waals surface area contributed by atoms with E-state index in [1.54, 1.807) is 13.8 Å². The van der Waals surface area contributed by atoms with Crippen LogP contribution in [0.3, 0.4) is 0 Å². The third-order valence-corrected chi connectivity index (χ3v) is 5.13. The minimum atomic E-state index is -0.994. The first-order valence-corrected chi connectivity index (χ1v) is 9.92. The zero-order valence-electron chi connectivity index (χ0n) is 15.7. The van der Waals surface area contributed by atoms with Crippen molar-refractivity contribution < 1.29 is 24.0 Å². The molecule has 3 amide bonds. The zero-order valence-corrected chi connectivity index (χ0v) is 16.5. The average molecular weight is 405 g/mol. The number of amides is 3. The molecule has 0 saturated carbocycles. The largest absolute Gasteiger partial charge is 0.349 e. The minimum absolute atomic E-state index is 0.279. The van der Waals surface area contributed by atoms with Crippen molar-refractivity contribution in [1.29, 1.82) is 0 Å². The summed E-state index contributed by atoms with van der Waals surface area (Å²) in [5.41, 5.74) is 0.904. The van der Waals surface area contributed by atoms with E-state index in [9.17, 15) is 24.0 Å². The van der Waals surface area contributed by atoms with Gasteiger partial charge in [0.25, 0.3) is 16.9 Å². The zero-order chi connectivity index (χ0) is 20.7. The molecule has 150 valence electrons. The van der Waals surface area contributed by atoms with Gasteiger partial charge in [-0.1, -0.05) is 55.9 Å². The molecule has 1 heterocycles. The van der Waals surface area contributed by atoms with Gasteiger partial charge in [-0.3, -0.25) is 24.0 Å². The Morgan fingerprint density at radius 2 is 1.86 bits per heavy atom. The summed E-state index contributed by atoms with van der Waals surface area (Å²) in [6.07, 6.45) is 0.279. The average Bonchev–Trinajstić information content (AvgIpc) is 2.68. The van der Waals surface area contributed by atoms with Crippen LogP contribution >= 0.6 is 11.8 Å².